The second-order valence-electron chi connectivity index (χ2n) is 8.87. The molecule has 0 aliphatic carbocycles. The van der Waals surface area contributed by atoms with Crippen LogP contribution in [0, 0.1) is 13.8 Å². The number of methoxy groups -OCH3 is 3. The number of benzene rings is 3. The van der Waals surface area contributed by atoms with E-state index in [9.17, 15) is 4.79 Å². The summed E-state index contributed by atoms with van der Waals surface area (Å²) in [5, 5.41) is 4.08. The van der Waals surface area contributed by atoms with Gasteiger partial charge in [0.15, 0.2) is 16.6 Å². The van der Waals surface area contributed by atoms with Crippen LogP contribution in [0.5, 0.6) is 17.2 Å². The number of nitrogens with zero attached hydrogens (tertiary/aromatic N) is 1. The first-order chi connectivity index (χ1) is 17.9. The minimum atomic E-state index is -0.386. The van der Waals surface area contributed by atoms with E-state index >= 15 is 0 Å². The molecule has 1 aliphatic rings. The highest BCUT2D eigenvalue weighted by Gasteiger charge is 2.31. The lowest BCUT2D eigenvalue weighted by molar-refractivity contribution is 0.0600. The second kappa shape index (κ2) is 11.5. The van der Waals surface area contributed by atoms with Crippen LogP contribution < -0.4 is 19.5 Å². The maximum absolute atomic E-state index is 11.8. The molecule has 0 saturated heterocycles. The van der Waals surface area contributed by atoms with Crippen molar-refractivity contribution in [3.8, 4) is 17.2 Å². The van der Waals surface area contributed by atoms with Crippen molar-refractivity contribution in [1.29, 1.82) is 0 Å². The molecule has 0 aromatic heterocycles. The molecule has 1 N–H and O–H groups in total. The molecule has 3 aromatic rings. The Labute approximate surface area is 223 Å². The average Bonchev–Trinajstić information content (AvgIpc) is 2.93. The first kappa shape index (κ1) is 26.3. The predicted octanol–water partition coefficient (Wildman–Crippen LogP) is 5.48. The van der Waals surface area contributed by atoms with Crippen LogP contribution in [0.3, 0.4) is 0 Å². The lowest BCUT2D eigenvalue weighted by Crippen LogP contribution is -2.44. The third kappa shape index (κ3) is 5.64. The summed E-state index contributed by atoms with van der Waals surface area (Å²) in [7, 11) is 4.63. The van der Waals surface area contributed by atoms with Crippen LogP contribution in [0.15, 0.2) is 54.6 Å². The Morgan fingerprint density at radius 3 is 2.41 bits per heavy atom. The summed E-state index contributed by atoms with van der Waals surface area (Å²) in [5.41, 5.74) is 6.05. The second-order valence-corrected chi connectivity index (χ2v) is 9.26. The van der Waals surface area contributed by atoms with Crippen LogP contribution in [0.4, 0.5) is 5.69 Å². The third-order valence-corrected chi connectivity index (χ3v) is 7.13. The van der Waals surface area contributed by atoms with E-state index in [0.29, 0.717) is 41.1 Å². The summed E-state index contributed by atoms with van der Waals surface area (Å²) >= 11 is 5.92. The van der Waals surface area contributed by atoms with Gasteiger partial charge in [0, 0.05) is 12.2 Å². The quantitative estimate of drug-likeness (QED) is 0.324. The lowest BCUT2D eigenvalue weighted by Gasteiger charge is -2.39. The molecule has 0 bridgehead atoms. The highest BCUT2D eigenvalue weighted by Crippen LogP contribution is 2.39. The normalized spacial score (nSPS) is 14.4. The Kier molecular flexibility index (Phi) is 8.18. The van der Waals surface area contributed by atoms with E-state index in [1.165, 1.54) is 12.7 Å². The molecular formula is C29H32N2O5S. The van der Waals surface area contributed by atoms with Gasteiger partial charge >= 0.3 is 5.97 Å². The smallest absolute Gasteiger partial charge is 0.337 e. The zero-order valence-corrected chi connectivity index (χ0v) is 22.6. The summed E-state index contributed by atoms with van der Waals surface area (Å²) < 4.78 is 22.1. The Morgan fingerprint density at radius 1 is 1.03 bits per heavy atom. The molecule has 194 valence electrons. The van der Waals surface area contributed by atoms with Crippen LogP contribution in [-0.2, 0) is 11.2 Å². The Morgan fingerprint density at radius 2 is 1.73 bits per heavy atom. The van der Waals surface area contributed by atoms with E-state index < -0.39 is 0 Å². The molecule has 0 radical (unpaired) electrons. The van der Waals surface area contributed by atoms with E-state index in [2.05, 4.69) is 30.1 Å². The van der Waals surface area contributed by atoms with Crippen molar-refractivity contribution >= 4 is 29.0 Å². The number of carbonyl (C=O) groups is 1. The fourth-order valence-corrected chi connectivity index (χ4v) is 4.83. The summed E-state index contributed by atoms with van der Waals surface area (Å²) in [6.45, 7) is 5.23. The minimum absolute atomic E-state index is 0.172. The first-order valence-corrected chi connectivity index (χ1v) is 12.5. The van der Waals surface area contributed by atoms with Crippen molar-refractivity contribution < 1.29 is 23.7 Å². The third-order valence-electron chi connectivity index (χ3n) is 6.79. The lowest BCUT2D eigenvalue weighted by atomic mass is 9.92. The standard InChI is InChI=1S/C29H32N2O5S/c1-18-7-6-8-24(19(18)2)30-29(37)31-14-13-21-15-26(33-3)27(34-4)16-23(21)25(31)17-36-22-11-9-20(10-12-22)28(32)35-5/h6-12,15-16,25H,13-14,17H2,1-5H3,(H,30,37). The number of rotatable bonds is 7. The molecule has 1 aliphatic heterocycles. The van der Waals surface area contributed by atoms with Crippen LogP contribution in [0.1, 0.15) is 38.7 Å². The van der Waals surface area contributed by atoms with Crippen LogP contribution >= 0.6 is 12.2 Å². The Balaban J connectivity index is 1.63. The highest BCUT2D eigenvalue weighted by molar-refractivity contribution is 7.80. The number of esters is 1. The van der Waals surface area contributed by atoms with E-state index in [4.69, 9.17) is 31.2 Å². The van der Waals surface area contributed by atoms with Crippen molar-refractivity contribution in [2.45, 2.75) is 26.3 Å². The van der Waals surface area contributed by atoms with E-state index in [1.54, 1.807) is 38.5 Å². The molecule has 7 nitrogen and oxygen atoms in total. The molecule has 1 heterocycles. The number of aryl methyl sites for hydroxylation is 1. The topological polar surface area (TPSA) is 69.3 Å². The molecule has 3 aromatic carbocycles. The van der Waals surface area contributed by atoms with Crippen LogP contribution in [0.25, 0.3) is 0 Å². The van der Waals surface area contributed by atoms with Crippen molar-refractivity contribution in [1.82, 2.24) is 4.90 Å². The van der Waals surface area contributed by atoms with Gasteiger partial charge in [0.05, 0.1) is 32.9 Å². The molecule has 0 amide bonds. The van der Waals surface area contributed by atoms with E-state index in [0.717, 1.165) is 28.8 Å². The molecular weight excluding hydrogens is 488 g/mol. The molecule has 8 heteroatoms. The molecule has 1 unspecified atom stereocenters. The average molecular weight is 521 g/mol. The van der Waals surface area contributed by atoms with Crippen LogP contribution in [0.2, 0.25) is 0 Å². The van der Waals surface area contributed by atoms with Gasteiger partial charge in [0.25, 0.3) is 0 Å². The number of hydrogen-bond acceptors (Lipinski definition) is 6. The van der Waals surface area contributed by atoms with Crippen molar-refractivity contribution in [2.75, 3.05) is 39.8 Å². The summed E-state index contributed by atoms with van der Waals surface area (Å²) in [5.74, 6) is 1.62. The Hall–Kier alpha value is -3.78. The van der Waals surface area contributed by atoms with Gasteiger partial charge in [0.2, 0.25) is 0 Å². The van der Waals surface area contributed by atoms with Gasteiger partial charge in [-0.2, -0.15) is 0 Å². The van der Waals surface area contributed by atoms with Gasteiger partial charge in [-0.25, -0.2) is 4.79 Å². The van der Waals surface area contributed by atoms with Gasteiger partial charge in [-0.05, 0) is 97.2 Å². The first-order valence-electron chi connectivity index (χ1n) is 12.1. The summed E-state index contributed by atoms with van der Waals surface area (Å²) in [6.07, 6.45) is 0.800. The maximum Gasteiger partial charge on any atom is 0.337 e. The monoisotopic (exact) mass is 520 g/mol. The van der Waals surface area contributed by atoms with Crippen LogP contribution in [-0.4, -0.2) is 50.5 Å². The molecule has 0 saturated carbocycles. The predicted molar refractivity (Wildman–Crippen MR) is 148 cm³/mol. The number of fused-ring (bicyclic) bond motifs is 1. The van der Waals surface area contributed by atoms with E-state index in [1.807, 2.05) is 24.3 Å². The van der Waals surface area contributed by atoms with Gasteiger partial charge in [0.1, 0.15) is 12.4 Å². The number of nitrogens with one attached hydrogen (secondary N) is 1. The molecule has 0 spiro atoms. The van der Waals surface area contributed by atoms with Crippen molar-refractivity contribution in [3.05, 3.63) is 82.4 Å². The minimum Gasteiger partial charge on any atom is -0.493 e. The number of anilines is 1. The zero-order valence-electron chi connectivity index (χ0n) is 21.8. The fraction of sp³-hybridized carbons (Fsp3) is 0.310. The SMILES string of the molecule is COC(=O)c1ccc(OCC2c3cc(OC)c(OC)cc3CCN2C(=S)Nc2cccc(C)c2C)cc1. The van der Waals surface area contributed by atoms with Gasteiger partial charge < -0.3 is 29.2 Å². The van der Waals surface area contributed by atoms with Gasteiger partial charge in [-0.15, -0.1) is 0 Å². The van der Waals surface area contributed by atoms with Gasteiger partial charge in [-0.3, -0.25) is 0 Å². The molecule has 37 heavy (non-hydrogen) atoms. The summed E-state index contributed by atoms with van der Waals surface area (Å²) in [4.78, 5) is 13.9. The number of ether oxygens (including phenoxy) is 4. The number of hydrogen-bond donors (Lipinski definition) is 1. The highest BCUT2D eigenvalue weighted by atomic mass is 32.1. The fourth-order valence-electron chi connectivity index (χ4n) is 4.50. The molecule has 1 atom stereocenters. The number of carbonyl (C=O) groups excluding carboxylic acids is 1. The van der Waals surface area contributed by atoms with Crippen molar-refractivity contribution in [3.63, 3.8) is 0 Å². The molecule has 0 fully saturated rings. The molecule has 4 rings (SSSR count). The van der Waals surface area contributed by atoms with E-state index in [-0.39, 0.29) is 12.0 Å². The largest absolute Gasteiger partial charge is 0.493 e. The number of thiocarbonyl (C=S) groups is 1. The van der Waals surface area contributed by atoms with Crippen molar-refractivity contribution in [2.24, 2.45) is 0 Å². The zero-order chi connectivity index (χ0) is 26.5. The van der Waals surface area contributed by atoms with Gasteiger partial charge in [-0.1, -0.05) is 12.1 Å². The summed E-state index contributed by atoms with van der Waals surface area (Å²) in [6, 6.07) is 16.9. The maximum atomic E-state index is 11.8. The Bertz CT molecular complexity index is 1290.